The number of furan rings is 1. The molecule has 0 aliphatic carbocycles. The third-order valence-corrected chi connectivity index (χ3v) is 10.6. The van der Waals surface area contributed by atoms with E-state index in [0.717, 1.165) is 71.5 Å². The zero-order chi connectivity index (χ0) is 36.7. The Bertz CT molecular complexity index is 2520. The van der Waals surface area contributed by atoms with Crippen molar-refractivity contribution in [2.45, 2.75) is 46.8 Å². The van der Waals surface area contributed by atoms with Gasteiger partial charge in [-0.15, -0.1) is 54.1 Å². The van der Waals surface area contributed by atoms with E-state index in [1.54, 1.807) is 0 Å². The summed E-state index contributed by atoms with van der Waals surface area (Å²) in [4.78, 5) is 9.28. The zero-order valence-electron chi connectivity index (χ0n) is 31.8. The number of hydrogen-bond acceptors (Lipinski definition) is 3. The molecule has 0 fully saturated rings. The first kappa shape index (κ1) is 33.5. The van der Waals surface area contributed by atoms with Crippen molar-refractivity contribution in [1.82, 2.24) is 9.97 Å². The summed E-state index contributed by atoms with van der Waals surface area (Å²) < 4.78 is 23.8. The Balaban J connectivity index is 0.000000184. The monoisotopic (exact) mass is 861 g/mol. The minimum absolute atomic E-state index is 0. The molecule has 1 radical (unpaired) electrons. The van der Waals surface area contributed by atoms with Gasteiger partial charge in [0.15, 0.2) is 0 Å². The topological polar surface area (TPSA) is 38.9 Å². The maximum absolute atomic E-state index is 8.75. The van der Waals surface area contributed by atoms with Crippen molar-refractivity contribution in [3.05, 3.63) is 151 Å². The molecular formula is C46H42IrN2OSi-2. The van der Waals surface area contributed by atoms with Crippen molar-refractivity contribution in [2.24, 2.45) is 5.41 Å². The van der Waals surface area contributed by atoms with E-state index in [-0.39, 0.29) is 20.1 Å². The van der Waals surface area contributed by atoms with Crippen LogP contribution in [0.1, 0.15) is 29.1 Å². The fourth-order valence-corrected chi connectivity index (χ4v) is 7.62. The van der Waals surface area contributed by atoms with Gasteiger partial charge >= 0.3 is 0 Å². The molecular weight excluding hydrogens is 817 g/mol. The van der Waals surface area contributed by atoms with Gasteiger partial charge in [-0.25, -0.2) is 0 Å². The van der Waals surface area contributed by atoms with E-state index >= 15 is 0 Å². The minimum Gasteiger partial charge on any atom is -0.501 e. The summed E-state index contributed by atoms with van der Waals surface area (Å²) in [6.45, 7) is 12.6. The summed E-state index contributed by atoms with van der Waals surface area (Å²) >= 11 is 0. The third kappa shape index (κ3) is 8.13. The van der Waals surface area contributed by atoms with Gasteiger partial charge in [0.05, 0.1) is 13.7 Å². The first-order valence-electron chi connectivity index (χ1n) is 18.1. The van der Waals surface area contributed by atoms with Gasteiger partial charge in [-0.2, -0.15) is 0 Å². The van der Waals surface area contributed by atoms with Gasteiger partial charge in [0, 0.05) is 40.6 Å². The first-order chi connectivity index (χ1) is 24.8. The summed E-state index contributed by atoms with van der Waals surface area (Å²) in [5.74, 6) is 0. The third-order valence-electron chi connectivity index (χ3n) is 8.63. The van der Waals surface area contributed by atoms with Gasteiger partial charge in [-0.3, -0.25) is 0 Å². The fourth-order valence-electron chi connectivity index (χ4n) is 6.22. The predicted octanol–water partition coefficient (Wildman–Crippen LogP) is 11.9. The van der Waals surface area contributed by atoms with Gasteiger partial charge in [0.25, 0.3) is 0 Å². The Hall–Kier alpha value is -4.67. The van der Waals surface area contributed by atoms with Gasteiger partial charge in [0.1, 0.15) is 5.58 Å². The van der Waals surface area contributed by atoms with Gasteiger partial charge in [-0.05, 0) is 56.3 Å². The van der Waals surface area contributed by atoms with Crippen LogP contribution < -0.4 is 5.19 Å². The number of hydrogen-bond donors (Lipinski definition) is 0. The number of benzene rings is 5. The Morgan fingerprint density at radius 1 is 0.686 bits per heavy atom. The van der Waals surface area contributed by atoms with E-state index in [1.165, 1.54) is 5.56 Å². The smallest absolute Gasteiger partial charge is 0.121 e. The van der Waals surface area contributed by atoms with Crippen LogP contribution in [-0.4, -0.2) is 18.0 Å². The van der Waals surface area contributed by atoms with Gasteiger partial charge in [0.2, 0.25) is 0 Å². The number of nitrogens with zero attached hydrogens (tertiary/aromatic N) is 2. The van der Waals surface area contributed by atoms with Crippen molar-refractivity contribution in [2.75, 3.05) is 0 Å². The summed E-state index contributed by atoms with van der Waals surface area (Å²) in [6, 6.07) is 47.3. The van der Waals surface area contributed by atoms with Crippen LogP contribution in [0, 0.1) is 17.5 Å². The Morgan fingerprint density at radius 2 is 1.41 bits per heavy atom. The van der Waals surface area contributed by atoms with Crippen LogP contribution >= 0.6 is 0 Å². The van der Waals surface area contributed by atoms with Gasteiger partial charge < -0.3 is 14.4 Å². The van der Waals surface area contributed by atoms with Crippen molar-refractivity contribution in [1.29, 1.82) is 0 Å². The molecule has 0 aliphatic rings. The Kier molecular flexibility index (Phi) is 9.77. The van der Waals surface area contributed by atoms with Crippen LogP contribution in [0.2, 0.25) is 19.6 Å². The van der Waals surface area contributed by atoms with E-state index in [0.29, 0.717) is 0 Å². The molecule has 5 heteroatoms. The number of rotatable bonds is 5. The molecule has 3 heterocycles. The van der Waals surface area contributed by atoms with Crippen molar-refractivity contribution in [3.63, 3.8) is 0 Å². The quantitative estimate of drug-likeness (QED) is 0.128. The molecule has 0 aliphatic heterocycles. The van der Waals surface area contributed by atoms with E-state index in [9.17, 15) is 0 Å². The first-order valence-corrected chi connectivity index (χ1v) is 20.6. The molecule has 0 atom stereocenters. The van der Waals surface area contributed by atoms with E-state index < -0.39 is 19.9 Å². The molecule has 51 heavy (non-hydrogen) atoms. The molecule has 0 N–H and O–H groups in total. The molecule has 3 nitrogen and oxygen atoms in total. The second-order valence-electron chi connectivity index (χ2n) is 14.7. The van der Waals surface area contributed by atoms with E-state index in [2.05, 4.69) is 108 Å². The molecule has 257 valence electrons. The van der Waals surface area contributed by atoms with Crippen molar-refractivity contribution >= 4 is 46.0 Å². The standard InChI is InChI=1S/C27H16NO.C19H26NSi.Ir/c1-2-7-18(8-3-1)20-13-14-22-23-11-6-12-24(27(23)29-26(22)16-20)25-15-19-9-4-5-10-21(19)17-28-25;1-19(2,3)13-16-12-17(15-10-8-7-9-11-15)20-14-18(16)21(4,5)6;/h1-11,13-17H;7-10,12,14H,13H2,1-6H3;/q2*-1;/i;13D2;. The largest absolute Gasteiger partial charge is 0.501 e. The van der Waals surface area contributed by atoms with Gasteiger partial charge in [-0.1, -0.05) is 136 Å². The second kappa shape index (κ2) is 14.9. The Labute approximate surface area is 319 Å². The second-order valence-corrected chi connectivity index (χ2v) is 19.7. The fraction of sp³-hybridized carbons (Fsp3) is 0.174. The molecule has 0 unspecified atom stereocenters. The minimum atomic E-state index is -1.70. The molecule has 5 aromatic carbocycles. The number of pyridine rings is 2. The average molecular weight is 861 g/mol. The molecule has 0 saturated heterocycles. The van der Waals surface area contributed by atoms with Crippen molar-refractivity contribution < 1.29 is 27.3 Å². The normalized spacial score (nSPS) is 12.5. The predicted molar refractivity (Wildman–Crippen MR) is 213 cm³/mol. The molecule has 0 bridgehead atoms. The number of aromatic nitrogens is 2. The summed E-state index contributed by atoms with van der Waals surface area (Å²) in [5.41, 5.74) is 7.79. The molecule has 0 spiro atoms. The summed E-state index contributed by atoms with van der Waals surface area (Å²) in [7, 11) is -1.70. The average Bonchev–Trinajstić information content (AvgIpc) is 3.53. The molecule has 8 aromatic rings. The summed E-state index contributed by atoms with van der Waals surface area (Å²) in [5, 5.41) is 5.57. The molecule has 8 rings (SSSR count). The maximum atomic E-state index is 8.75. The van der Waals surface area contributed by atoms with Crippen LogP contribution in [-0.2, 0) is 26.5 Å². The van der Waals surface area contributed by atoms with Crippen molar-refractivity contribution in [3.8, 4) is 33.6 Å². The van der Waals surface area contributed by atoms with Crippen LogP contribution in [0.5, 0.6) is 0 Å². The van der Waals surface area contributed by atoms with Crippen LogP contribution in [0.4, 0.5) is 0 Å². The Morgan fingerprint density at radius 3 is 2.14 bits per heavy atom. The van der Waals surface area contributed by atoms with Crippen LogP contribution in [0.15, 0.2) is 138 Å². The van der Waals surface area contributed by atoms with E-state index in [4.69, 9.17) is 7.16 Å². The van der Waals surface area contributed by atoms with Crippen LogP contribution in [0.3, 0.4) is 0 Å². The zero-order valence-corrected chi connectivity index (χ0v) is 33.2. The van der Waals surface area contributed by atoms with Crippen LogP contribution in [0.25, 0.3) is 66.4 Å². The molecule has 0 amide bonds. The maximum Gasteiger partial charge on any atom is 0.121 e. The molecule has 3 aromatic heterocycles. The SMILES string of the molecule is [2H]C([2H])(c1cc(-c2[c-]cccc2)ncc1[Si](C)(C)C)C(C)(C)C.[Ir].[c-]1ccc2c(oc3cc(-c4ccccc4)ccc32)c1-c1cc2ccccc2cn1. The number of fused-ring (bicyclic) bond motifs is 4. The van der Waals surface area contributed by atoms with E-state index in [1.807, 2.05) is 87.8 Å². The summed E-state index contributed by atoms with van der Waals surface area (Å²) in [6.07, 6.45) is 2.38. The molecule has 0 saturated carbocycles.